The van der Waals surface area contributed by atoms with Gasteiger partial charge < -0.3 is 20.1 Å². The molecule has 0 aromatic rings. The zero-order valence-electron chi connectivity index (χ0n) is 48.0. The first-order valence-electron chi connectivity index (χ1n) is 31.7. The van der Waals surface area contributed by atoms with Crippen molar-refractivity contribution in [3.05, 3.63) is 12.2 Å². The molecule has 0 aromatic heterocycles. The van der Waals surface area contributed by atoms with E-state index in [4.69, 9.17) is 24.3 Å². The molecule has 2 atom stereocenters. The first kappa shape index (κ1) is 70.8. The van der Waals surface area contributed by atoms with Crippen LogP contribution in [-0.4, -0.2) is 49.3 Å². The van der Waals surface area contributed by atoms with Crippen LogP contribution >= 0.6 is 7.82 Å². The topological polar surface area (TPSA) is 134 Å². The van der Waals surface area contributed by atoms with Crippen molar-refractivity contribution in [2.24, 2.45) is 5.73 Å². The van der Waals surface area contributed by atoms with Crippen molar-refractivity contribution in [2.45, 2.75) is 347 Å². The summed E-state index contributed by atoms with van der Waals surface area (Å²) < 4.78 is 33.1. The van der Waals surface area contributed by atoms with Gasteiger partial charge >= 0.3 is 19.8 Å². The smallest absolute Gasteiger partial charge is 0.462 e. The lowest BCUT2D eigenvalue weighted by Crippen LogP contribution is -2.29. The number of nitrogens with two attached hydrogens (primary N) is 1. The average molecular weight is 1040 g/mol. The zero-order valence-corrected chi connectivity index (χ0v) is 48.8. The highest BCUT2D eigenvalue weighted by Gasteiger charge is 2.26. The van der Waals surface area contributed by atoms with Gasteiger partial charge in [-0.05, 0) is 38.5 Å². The standard InChI is InChI=1S/C62H122NO8P/c1-3-5-7-9-11-13-15-17-19-21-23-25-27-29-30-31-33-35-37-39-41-43-45-47-49-51-53-55-62(65)71-60(59-70-72(66,67)69-57-56-63)58-68-61(64)54-52-50-48-46-44-42-40-38-36-34-32-28-26-24-22-20-18-16-14-12-10-8-6-4-2/h21,23,60H,3-20,22,24-59,63H2,1-2H3,(H,66,67)/b23-21-. The Morgan fingerprint density at radius 1 is 0.403 bits per heavy atom. The van der Waals surface area contributed by atoms with Crippen LogP contribution in [0.15, 0.2) is 12.2 Å². The molecule has 428 valence electrons. The first-order chi connectivity index (χ1) is 35.3. The van der Waals surface area contributed by atoms with Crippen molar-refractivity contribution in [2.75, 3.05) is 26.4 Å². The Hall–Kier alpha value is -1.25. The van der Waals surface area contributed by atoms with Crippen molar-refractivity contribution in [3.63, 3.8) is 0 Å². The van der Waals surface area contributed by atoms with Crippen LogP contribution in [0, 0.1) is 0 Å². The van der Waals surface area contributed by atoms with E-state index in [0.29, 0.717) is 6.42 Å². The average Bonchev–Trinajstić information content (AvgIpc) is 3.37. The number of esters is 2. The Labute approximate surface area is 447 Å². The maximum absolute atomic E-state index is 12.7. The Kier molecular flexibility index (Phi) is 58.0. The third-order valence-electron chi connectivity index (χ3n) is 14.4. The number of hydrogen-bond acceptors (Lipinski definition) is 8. The molecule has 0 rings (SSSR count). The number of hydrogen-bond donors (Lipinski definition) is 2. The van der Waals surface area contributed by atoms with Gasteiger partial charge in [0.25, 0.3) is 0 Å². The summed E-state index contributed by atoms with van der Waals surface area (Å²) in [5.41, 5.74) is 5.39. The maximum atomic E-state index is 12.7. The molecule has 10 heteroatoms. The summed E-state index contributed by atoms with van der Waals surface area (Å²) in [7, 11) is -4.38. The van der Waals surface area contributed by atoms with Crippen molar-refractivity contribution in [3.8, 4) is 0 Å². The molecule has 0 saturated heterocycles. The van der Waals surface area contributed by atoms with Gasteiger partial charge in [-0.1, -0.05) is 302 Å². The van der Waals surface area contributed by atoms with Gasteiger partial charge in [0.15, 0.2) is 6.10 Å². The highest BCUT2D eigenvalue weighted by atomic mass is 31.2. The monoisotopic (exact) mass is 1040 g/mol. The van der Waals surface area contributed by atoms with Gasteiger partial charge in [0.1, 0.15) is 6.61 Å². The van der Waals surface area contributed by atoms with Crippen molar-refractivity contribution < 1.29 is 37.6 Å². The normalized spacial score (nSPS) is 13.0. The molecule has 0 radical (unpaired) electrons. The minimum absolute atomic E-state index is 0.0574. The van der Waals surface area contributed by atoms with E-state index in [9.17, 15) is 19.0 Å². The number of ether oxygens (including phenoxy) is 2. The van der Waals surface area contributed by atoms with Crippen molar-refractivity contribution in [1.82, 2.24) is 0 Å². The maximum Gasteiger partial charge on any atom is 0.472 e. The van der Waals surface area contributed by atoms with Crippen molar-refractivity contribution >= 4 is 19.8 Å². The van der Waals surface area contributed by atoms with E-state index in [-0.39, 0.29) is 38.6 Å². The number of phosphoric ester groups is 1. The number of rotatable bonds is 61. The molecule has 9 nitrogen and oxygen atoms in total. The van der Waals surface area contributed by atoms with Crippen LogP contribution in [0.3, 0.4) is 0 Å². The molecule has 0 aromatic carbocycles. The fourth-order valence-corrected chi connectivity index (χ4v) is 10.5. The first-order valence-corrected chi connectivity index (χ1v) is 33.2. The summed E-state index contributed by atoms with van der Waals surface area (Å²) in [6.45, 7) is 3.82. The second kappa shape index (κ2) is 59.0. The van der Waals surface area contributed by atoms with E-state index in [2.05, 4.69) is 26.0 Å². The summed E-state index contributed by atoms with van der Waals surface area (Å²) in [5.74, 6) is -0.803. The van der Waals surface area contributed by atoms with E-state index in [1.807, 2.05) is 0 Å². The van der Waals surface area contributed by atoms with E-state index in [0.717, 1.165) is 32.1 Å². The van der Waals surface area contributed by atoms with Gasteiger partial charge in [-0.3, -0.25) is 18.6 Å². The van der Waals surface area contributed by atoms with Gasteiger partial charge in [0.2, 0.25) is 0 Å². The molecule has 0 amide bonds. The van der Waals surface area contributed by atoms with Crippen LogP contribution in [-0.2, 0) is 32.7 Å². The third kappa shape index (κ3) is 58.0. The van der Waals surface area contributed by atoms with E-state index >= 15 is 0 Å². The van der Waals surface area contributed by atoms with Crippen LogP contribution < -0.4 is 5.73 Å². The Morgan fingerprint density at radius 2 is 0.681 bits per heavy atom. The summed E-state index contributed by atoms with van der Waals surface area (Å²) in [6.07, 6.45) is 68.6. The lowest BCUT2D eigenvalue weighted by atomic mass is 10.0. The molecule has 0 spiro atoms. The molecule has 0 bridgehead atoms. The largest absolute Gasteiger partial charge is 0.472 e. The summed E-state index contributed by atoms with van der Waals surface area (Å²) in [5, 5.41) is 0. The Balaban J connectivity index is 3.87. The summed E-state index contributed by atoms with van der Waals surface area (Å²) in [6, 6.07) is 0. The fourth-order valence-electron chi connectivity index (χ4n) is 9.69. The minimum Gasteiger partial charge on any atom is -0.462 e. The van der Waals surface area contributed by atoms with Gasteiger partial charge in [0, 0.05) is 19.4 Å². The van der Waals surface area contributed by atoms with Gasteiger partial charge in [-0.25, -0.2) is 4.57 Å². The molecule has 2 unspecified atom stereocenters. The molecule has 0 heterocycles. The molecule has 0 fully saturated rings. The quantitative estimate of drug-likeness (QED) is 0.0264. The summed E-state index contributed by atoms with van der Waals surface area (Å²) in [4.78, 5) is 35.3. The predicted molar refractivity (Wildman–Crippen MR) is 308 cm³/mol. The molecular formula is C62H122NO8P. The molecule has 3 N–H and O–H groups in total. The molecule has 0 aliphatic rings. The predicted octanol–water partition coefficient (Wildman–Crippen LogP) is 20.0. The van der Waals surface area contributed by atoms with E-state index in [1.54, 1.807) is 0 Å². The number of phosphoric acid groups is 1. The number of allylic oxidation sites excluding steroid dienone is 2. The van der Waals surface area contributed by atoms with Crippen LogP contribution in [0.25, 0.3) is 0 Å². The molecular weight excluding hydrogens is 918 g/mol. The second-order valence-corrected chi connectivity index (χ2v) is 23.1. The number of unbranched alkanes of at least 4 members (excludes halogenated alkanes) is 46. The lowest BCUT2D eigenvalue weighted by Gasteiger charge is -2.19. The fraction of sp³-hybridized carbons (Fsp3) is 0.935. The molecule has 0 saturated carbocycles. The minimum atomic E-state index is -4.38. The highest BCUT2D eigenvalue weighted by molar-refractivity contribution is 7.47. The molecule has 72 heavy (non-hydrogen) atoms. The van der Waals surface area contributed by atoms with Crippen LogP contribution in [0.2, 0.25) is 0 Å². The van der Waals surface area contributed by atoms with Crippen molar-refractivity contribution in [1.29, 1.82) is 0 Å². The van der Waals surface area contributed by atoms with Crippen LogP contribution in [0.1, 0.15) is 341 Å². The highest BCUT2D eigenvalue weighted by Crippen LogP contribution is 2.43. The lowest BCUT2D eigenvalue weighted by molar-refractivity contribution is -0.161. The Morgan fingerprint density at radius 3 is 0.986 bits per heavy atom. The zero-order chi connectivity index (χ0) is 52.4. The summed E-state index contributed by atoms with van der Waals surface area (Å²) >= 11 is 0. The molecule has 0 aliphatic carbocycles. The van der Waals surface area contributed by atoms with Crippen LogP contribution in [0.5, 0.6) is 0 Å². The number of carbonyl (C=O) groups excluding carboxylic acids is 2. The van der Waals surface area contributed by atoms with Gasteiger partial charge in [-0.2, -0.15) is 0 Å². The van der Waals surface area contributed by atoms with Gasteiger partial charge in [-0.15, -0.1) is 0 Å². The van der Waals surface area contributed by atoms with E-state index in [1.165, 1.54) is 276 Å². The van der Waals surface area contributed by atoms with Gasteiger partial charge in [0.05, 0.1) is 13.2 Å². The molecule has 0 aliphatic heterocycles. The van der Waals surface area contributed by atoms with E-state index < -0.39 is 26.5 Å². The van der Waals surface area contributed by atoms with Crippen LogP contribution in [0.4, 0.5) is 0 Å². The SMILES string of the molecule is CCCCCCCCCC/C=C\CCCCCCCCCCCCCCCCCC(=O)OC(COC(=O)CCCCCCCCCCCCCCCCCCCCCCCCCC)COP(=O)(O)OCCN. The Bertz CT molecular complexity index is 1190. The third-order valence-corrected chi connectivity index (χ3v) is 15.4. The number of carbonyl (C=O) groups is 2. The second-order valence-electron chi connectivity index (χ2n) is 21.6.